The molecule has 0 unspecified atom stereocenters. The summed E-state index contributed by atoms with van der Waals surface area (Å²) in [6, 6.07) is 0. The number of hydrogen-bond donors (Lipinski definition) is 1. The number of amides is 1. The maximum absolute atomic E-state index is 12.1. The lowest BCUT2D eigenvalue weighted by Gasteiger charge is -2.55. The van der Waals surface area contributed by atoms with Gasteiger partial charge in [0.2, 0.25) is 11.0 Å². The molecule has 1 N–H and O–H groups in total. The molecular formula is C18H27N3OS2. The van der Waals surface area contributed by atoms with Crippen LogP contribution in [0.3, 0.4) is 0 Å². The molecule has 1 aromatic rings. The number of carbonyl (C=O) groups is 1. The molecule has 4 aliphatic carbocycles. The molecule has 5 rings (SSSR count). The van der Waals surface area contributed by atoms with Crippen LogP contribution in [0.25, 0.3) is 0 Å². The minimum absolute atomic E-state index is 0.0307. The molecule has 0 aliphatic heterocycles. The van der Waals surface area contributed by atoms with E-state index < -0.39 is 0 Å². The van der Waals surface area contributed by atoms with Crippen LogP contribution in [-0.4, -0.2) is 26.6 Å². The van der Waals surface area contributed by atoms with Crippen molar-refractivity contribution in [3.63, 3.8) is 0 Å². The maximum atomic E-state index is 12.1. The Morgan fingerprint density at radius 2 is 1.75 bits per heavy atom. The lowest BCUT2D eigenvalue weighted by Crippen LogP contribution is -2.48. The van der Waals surface area contributed by atoms with E-state index in [1.165, 1.54) is 43.5 Å². The summed E-state index contributed by atoms with van der Waals surface area (Å²) in [5, 5.41) is 13.6. The minimum atomic E-state index is 0.0307. The molecule has 0 radical (unpaired) electrons. The van der Waals surface area contributed by atoms with Crippen LogP contribution in [0.1, 0.15) is 64.3 Å². The van der Waals surface area contributed by atoms with Gasteiger partial charge in [-0.25, -0.2) is 0 Å². The Morgan fingerprint density at radius 3 is 2.29 bits per heavy atom. The van der Waals surface area contributed by atoms with Gasteiger partial charge in [0, 0.05) is 10.2 Å². The average Bonchev–Trinajstić information content (AvgIpc) is 2.92. The lowest BCUT2D eigenvalue weighted by molar-refractivity contribution is -0.113. The van der Waals surface area contributed by atoms with Gasteiger partial charge in [0.05, 0.1) is 5.75 Å². The van der Waals surface area contributed by atoms with Crippen molar-refractivity contribution in [2.24, 2.45) is 17.8 Å². The fourth-order valence-corrected chi connectivity index (χ4v) is 6.91. The first kappa shape index (κ1) is 16.8. The van der Waals surface area contributed by atoms with Crippen molar-refractivity contribution in [1.82, 2.24) is 10.2 Å². The van der Waals surface area contributed by atoms with Crippen LogP contribution in [0.4, 0.5) is 5.13 Å². The molecule has 24 heavy (non-hydrogen) atoms. The van der Waals surface area contributed by atoms with Crippen molar-refractivity contribution >= 4 is 34.1 Å². The first-order valence-electron chi connectivity index (χ1n) is 9.09. The first-order valence-corrected chi connectivity index (χ1v) is 10.9. The fourth-order valence-electron chi connectivity index (χ4n) is 5.30. The van der Waals surface area contributed by atoms with E-state index in [0.717, 1.165) is 17.8 Å². The third-order valence-electron chi connectivity index (χ3n) is 5.80. The van der Waals surface area contributed by atoms with Crippen LogP contribution >= 0.6 is 23.1 Å². The number of anilines is 1. The van der Waals surface area contributed by atoms with E-state index in [1.54, 1.807) is 23.1 Å². The molecule has 4 bridgehead atoms. The summed E-state index contributed by atoms with van der Waals surface area (Å²) in [4.78, 5) is 12.1. The van der Waals surface area contributed by atoms with Gasteiger partial charge in [-0.15, -0.1) is 22.0 Å². The lowest BCUT2D eigenvalue weighted by atomic mass is 9.50. The second-order valence-electron chi connectivity index (χ2n) is 9.06. The molecule has 4 nitrogen and oxygen atoms in total. The second-order valence-corrected chi connectivity index (χ2v) is 11.8. The number of nitrogens with one attached hydrogen (secondary N) is 1. The van der Waals surface area contributed by atoms with Crippen LogP contribution < -0.4 is 5.32 Å². The zero-order valence-electron chi connectivity index (χ0n) is 14.8. The number of aromatic nitrogens is 2. The van der Waals surface area contributed by atoms with Crippen molar-refractivity contribution in [3.8, 4) is 0 Å². The normalized spacial score (nSPS) is 34.5. The van der Waals surface area contributed by atoms with E-state index in [1.807, 2.05) is 0 Å². The predicted octanol–water partition coefficient (Wildman–Crippen LogP) is 4.48. The average molecular weight is 366 g/mol. The van der Waals surface area contributed by atoms with E-state index in [0.29, 0.717) is 10.9 Å². The Kier molecular flexibility index (Phi) is 4.19. The van der Waals surface area contributed by atoms with Crippen LogP contribution in [0.15, 0.2) is 0 Å². The topological polar surface area (TPSA) is 54.9 Å². The molecule has 4 fully saturated rings. The van der Waals surface area contributed by atoms with Crippen LogP contribution in [0, 0.1) is 17.8 Å². The summed E-state index contributed by atoms with van der Waals surface area (Å²) in [5.74, 6) is 3.21. The van der Waals surface area contributed by atoms with Gasteiger partial charge in [-0.2, -0.15) is 0 Å². The monoisotopic (exact) mass is 365 g/mol. The molecule has 1 amide bonds. The molecule has 0 atom stereocenters. The quantitative estimate of drug-likeness (QED) is 0.855. The smallest absolute Gasteiger partial charge is 0.236 e. The van der Waals surface area contributed by atoms with Crippen molar-refractivity contribution in [3.05, 3.63) is 5.01 Å². The summed E-state index contributed by atoms with van der Waals surface area (Å²) >= 11 is 3.28. The summed E-state index contributed by atoms with van der Waals surface area (Å²) in [5.41, 5.74) is 0.273. The van der Waals surface area contributed by atoms with Gasteiger partial charge in [-0.3, -0.25) is 10.1 Å². The Balaban J connectivity index is 1.43. The highest BCUT2D eigenvalue weighted by Crippen LogP contribution is 2.61. The molecule has 6 heteroatoms. The third kappa shape index (κ3) is 3.36. The minimum Gasteiger partial charge on any atom is -0.300 e. The van der Waals surface area contributed by atoms with Crippen molar-refractivity contribution in [1.29, 1.82) is 0 Å². The fraction of sp³-hybridized carbons (Fsp3) is 0.833. The Bertz CT molecular complexity index is 599. The zero-order chi connectivity index (χ0) is 16.9. The molecule has 4 saturated carbocycles. The molecule has 1 aromatic heterocycles. The summed E-state index contributed by atoms with van der Waals surface area (Å²) in [6.07, 6.45) is 8.19. The van der Waals surface area contributed by atoms with Gasteiger partial charge in [0.15, 0.2) is 0 Å². The van der Waals surface area contributed by atoms with E-state index in [9.17, 15) is 4.79 Å². The van der Waals surface area contributed by atoms with Gasteiger partial charge in [0.1, 0.15) is 5.01 Å². The molecule has 0 aromatic carbocycles. The van der Waals surface area contributed by atoms with Crippen LogP contribution in [-0.2, 0) is 10.2 Å². The first-order chi connectivity index (χ1) is 11.3. The van der Waals surface area contributed by atoms with Crippen LogP contribution in [0.2, 0.25) is 0 Å². The van der Waals surface area contributed by atoms with E-state index in [4.69, 9.17) is 0 Å². The highest BCUT2D eigenvalue weighted by Gasteiger charge is 2.53. The van der Waals surface area contributed by atoms with E-state index in [2.05, 4.69) is 36.3 Å². The van der Waals surface area contributed by atoms with Crippen molar-refractivity contribution < 1.29 is 4.79 Å². The summed E-state index contributed by atoms with van der Waals surface area (Å²) in [7, 11) is 0. The number of carbonyl (C=O) groups excluding carboxylic acids is 1. The highest BCUT2D eigenvalue weighted by atomic mass is 32.2. The molecule has 1 heterocycles. The standard InChI is InChI=1S/C18H27N3OS2/c1-17(2,3)23-10-14(22)19-16-21-20-15(24-16)18-7-11-4-12(8-18)6-13(5-11)9-18/h11-13H,4-10H2,1-3H3,(H,19,21,22). The second kappa shape index (κ2) is 5.97. The highest BCUT2D eigenvalue weighted by molar-refractivity contribution is 8.01. The van der Waals surface area contributed by atoms with Gasteiger partial charge < -0.3 is 0 Å². The van der Waals surface area contributed by atoms with E-state index in [-0.39, 0.29) is 16.1 Å². The summed E-state index contributed by atoms with van der Waals surface area (Å²) < 4.78 is 0.100. The van der Waals surface area contributed by atoms with Gasteiger partial charge >= 0.3 is 0 Å². The van der Waals surface area contributed by atoms with Crippen LogP contribution in [0.5, 0.6) is 0 Å². The molecule has 0 spiro atoms. The van der Waals surface area contributed by atoms with Gasteiger partial charge in [0.25, 0.3) is 0 Å². The Labute approximate surface area is 152 Å². The zero-order valence-corrected chi connectivity index (χ0v) is 16.4. The number of nitrogens with zero attached hydrogens (tertiary/aromatic N) is 2. The molecule has 4 aliphatic rings. The van der Waals surface area contributed by atoms with Crippen molar-refractivity contribution in [2.45, 2.75) is 69.5 Å². The summed E-state index contributed by atoms with van der Waals surface area (Å²) in [6.45, 7) is 6.38. The molecular weight excluding hydrogens is 338 g/mol. The van der Waals surface area contributed by atoms with Gasteiger partial charge in [-0.05, 0) is 56.3 Å². The van der Waals surface area contributed by atoms with Crippen molar-refractivity contribution in [2.75, 3.05) is 11.1 Å². The van der Waals surface area contributed by atoms with Gasteiger partial charge in [-0.1, -0.05) is 32.1 Å². The number of hydrogen-bond acceptors (Lipinski definition) is 5. The maximum Gasteiger partial charge on any atom is 0.236 e. The Hall–Kier alpha value is -0.620. The SMILES string of the molecule is CC(C)(C)SCC(=O)Nc1nnc(C23CC4CC(CC(C4)C2)C3)s1. The number of thioether (sulfide) groups is 1. The number of rotatable bonds is 4. The molecule has 132 valence electrons. The molecule has 0 saturated heterocycles. The third-order valence-corrected chi connectivity index (χ3v) is 8.16. The largest absolute Gasteiger partial charge is 0.300 e. The predicted molar refractivity (Wildman–Crippen MR) is 101 cm³/mol. The van der Waals surface area contributed by atoms with E-state index >= 15 is 0 Å². The Morgan fingerprint density at radius 1 is 1.17 bits per heavy atom.